The minimum absolute atomic E-state index is 0.204. The van der Waals surface area contributed by atoms with E-state index in [-0.39, 0.29) is 18.5 Å². The summed E-state index contributed by atoms with van der Waals surface area (Å²) in [6, 6.07) is 13.3. The Morgan fingerprint density at radius 2 is 1.85 bits per heavy atom. The fourth-order valence-corrected chi connectivity index (χ4v) is 2.88. The quantitative estimate of drug-likeness (QED) is 0.481. The Morgan fingerprint density at radius 1 is 1.08 bits per heavy atom. The molecule has 0 aromatic heterocycles. The van der Waals surface area contributed by atoms with Crippen LogP contribution in [-0.4, -0.2) is 24.4 Å². The molecule has 0 radical (unpaired) electrons. The normalized spacial score (nSPS) is 12.2. The van der Waals surface area contributed by atoms with E-state index in [1.165, 1.54) is 23.4 Å². The molecule has 134 valence electrons. The van der Waals surface area contributed by atoms with Crippen LogP contribution in [-0.2, 0) is 9.59 Å². The number of amides is 2. The molecular formula is C19H18N2O4S. The van der Waals surface area contributed by atoms with Gasteiger partial charge in [-0.3, -0.25) is 20.4 Å². The van der Waals surface area contributed by atoms with Gasteiger partial charge in [0, 0.05) is 11.0 Å². The lowest BCUT2D eigenvalue weighted by Gasteiger charge is -2.05. The van der Waals surface area contributed by atoms with Gasteiger partial charge in [-0.15, -0.1) is 11.8 Å². The van der Waals surface area contributed by atoms with E-state index in [4.69, 9.17) is 9.47 Å². The second-order valence-electron chi connectivity index (χ2n) is 5.59. The lowest BCUT2D eigenvalue weighted by molar-refractivity contribution is -0.125. The van der Waals surface area contributed by atoms with Gasteiger partial charge in [0.15, 0.2) is 11.5 Å². The zero-order valence-electron chi connectivity index (χ0n) is 14.2. The molecule has 1 aliphatic heterocycles. The Kier molecular flexibility index (Phi) is 5.80. The van der Waals surface area contributed by atoms with Crippen molar-refractivity contribution in [2.24, 2.45) is 0 Å². The van der Waals surface area contributed by atoms with Gasteiger partial charge in [-0.2, -0.15) is 0 Å². The Bertz CT molecular complexity index is 834. The van der Waals surface area contributed by atoms with Crippen LogP contribution in [0.2, 0.25) is 0 Å². The molecule has 2 amide bonds. The van der Waals surface area contributed by atoms with E-state index in [1.54, 1.807) is 18.2 Å². The van der Waals surface area contributed by atoms with E-state index in [9.17, 15) is 9.59 Å². The largest absolute Gasteiger partial charge is 0.454 e. The van der Waals surface area contributed by atoms with E-state index in [0.717, 1.165) is 10.5 Å². The predicted octanol–water partition coefficient (Wildman–Crippen LogP) is 2.68. The molecule has 3 rings (SSSR count). The highest BCUT2D eigenvalue weighted by molar-refractivity contribution is 8.00. The number of nitrogens with one attached hydrogen (secondary N) is 2. The summed E-state index contributed by atoms with van der Waals surface area (Å²) in [4.78, 5) is 24.6. The maximum atomic E-state index is 11.8. The third-order valence-corrected chi connectivity index (χ3v) is 4.55. The van der Waals surface area contributed by atoms with Crippen LogP contribution in [0.3, 0.4) is 0 Å². The van der Waals surface area contributed by atoms with Crippen molar-refractivity contribution in [1.29, 1.82) is 0 Å². The van der Waals surface area contributed by atoms with Gasteiger partial charge in [-0.25, -0.2) is 0 Å². The molecule has 26 heavy (non-hydrogen) atoms. The Labute approximate surface area is 155 Å². The highest BCUT2D eigenvalue weighted by Crippen LogP contribution is 2.32. The number of hydrazine groups is 1. The smallest absolute Gasteiger partial charge is 0.262 e. The molecule has 0 unspecified atom stereocenters. The first-order valence-electron chi connectivity index (χ1n) is 7.96. The predicted molar refractivity (Wildman–Crippen MR) is 99.8 cm³/mol. The van der Waals surface area contributed by atoms with E-state index in [0.29, 0.717) is 11.5 Å². The zero-order valence-corrected chi connectivity index (χ0v) is 15.0. The highest BCUT2D eigenvalue weighted by atomic mass is 32.2. The molecule has 0 bridgehead atoms. The van der Waals surface area contributed by atoms with Gasteiger partial charge in [-0.1, -0.05) is 23.8 Å². The Hall–Kier alpha value is -2.93. The van der Waals surface area contributed by atoms with Gasteiger partial charge in [0.05, 0.1) is 5.75 Å². The fraction of sp³-hybridized carbons (Fsp3) is 0.158. The molecule has 2 aromatic rings. The van der Waals surface area contributed by atoms with Crippen LogP contribution in [0.4, 0.5) is 0 Å². The average molecular weight is 370 g/mol. The Balaban J connectivity index is 1.41. The van der Waals surface area contributed by atoms with Crippen molar-refractivity contribution in [3.8, 4) is 11.5 Å². The minimum atomic E-state index is -0.420. The van der Waals surface area contributed by atoms with Crippen molar-refractivity contribution in [3.05, 3.63) is 59.7 Å². The molecule has 2 N–H and O–H groups in total. The van der Waals surface area contributed by atoms with Crippen LogP contribution < -0.4 is 20.3 Å². The van der Waals surface area contributed by atoms with Crippen LogP contribution in [0.15, 0.2) is 53.4 Å². The summed E-state index contributed by atoms with van der Waals surface area (Å²) in [5.41, 5.74) is 6.71. The summed E-state index contributed by atoms with van der Waals surface area (Å²) >= 11 is 1.40. The molecule has 6 nitrogen and oxygen atoms in total. The number of hydrogen-bond donors (Lipinski definition) is 2. The van der Waals surface area contributed by atoms with Crippen LogP contribution in [0.5, 0.6) is 11.5 Å². The van der Waals surface area contributed by atoms with Gasteiger partial charge in [-0.05, 0) is 42.8 Å². The lowest BCUT2D eigenvalue weighted by atomic mass is 10.2. The number of thioether (sulfide) groups is 1. The van der Waals surface area contributed by atoms with Crippen LogP contribution in [0.25, 0.3) is 6.08 Å². The van der Waals surface area contributed by atoms with Gasteiger partial charge >= 0.3 is 0 Å². The molecule has 2 aromatic carbocycles. The first-order chi connectivity index (χ1) is 12.6. The number of fused-ring (bicyclic) bond motifs is 1. The first kappa shape index (κ1) is 17.9. The number of rotatable bonds is 5. The molecule has 0 spiro atoms. The molecule has 1 aliphatic rings. The number of ether oxygens (including phenoxy) is 2. The van der Waals surface area contributed by atoms with E-state index in [2.05, 4.69) is 10.9 Å². The van der Waals surface area contributed by atoms with Crippen molar-refractivity contribution < 1.29 is 19.1 Å². The van der Waals surface area contributed by atoms with Crippen molar-refractivity contribution >= 4 is 29.7 Å². The standard InChI is InChI=1S/C19H18N2O4S/c1-13-2-6-15(7-3-13)26-11-19(23)21-20-18(22)9-5-14-4-8-16-17(10-14)25-12-24-16/h2-10H,11-12H2,1H3,(H,20,22)(H,21,23)/b9-5+. The molecule has 0 fully saturated rings. The highest BCUT2D eigenvalue weighted by Gasteiger charge is 2.12. The molecule has 0 saturated carbocycles. The van der Waals surface area contributed by atoms with Crippen LogP contribution in [0, 0.1) is 6.92 Å². The van der Waals surface area contributed by atoms with Crippen molar-refractivity contribution in [1.82, 2.24) is 10.9 Å². The van der Waals surface area contributed by atoms with Gasteiger partial charge in [0.25, 0.3) is 5.91 Å². The topological polar surface area (TPSA) is 76.7 Å². The third kappa shape index (κ3) is 5.03. The lowest BCUT2D eigenvalue weighted by Crippen LogP contribution is -2.41. The number of carbonyl (C=O) groups is 2. The van der Waals surface area contributed by atoms with E-state index >= 15 is 0 Å². The van der Waals surface area contributed by atoms with Crippen LogP contribution >= 0.6 is 11.8 Å². The summed E-state index contributed by atoms with van der Waals surface area (Å²) < 4.78 is 10.5. The van der Waals surface area contributed by atoms with Gasteiger partial charge < -0.3 is 9.47 Å². The summed E-state index contributed by atoms with van der Waals surface area (Å²) in [5.74, 6) is 0.852. The fourth-order valence-electron chi connectivity index (χ4n) is 2.18. The molecular weight excluding hydrogens is 352 g/mol. The van der Waals surface area contributed by atoms with E-state index < -0.39 is 5.91 Å². The Morgan fingerprint density at radius 3 is 2.65 bits per heavy atom. The zero-order chi connectivity index (χ0) is 18.4. The molecule has 0 atom stereocenters. The molecule has 7 heteroatoms. The maximum Gasteiger partial charge on any atom is 0.262 e. The van der Waals surface area contributed by atoms with Gasteiger partial charge in [0.1, 0.15) is 0 Å². The summed E-state index contributed by atoms with van der Waals surface area (Å²) in [6.07, 6.45) is 2.97. The van der Waals surface area contributed by atoms with Crippen LogP contribution in [0.1, 0.15) is 11.1 Å². The summed E-state index contributed by atoms with van der Waals surface area (Å²) in [7, 11) is 0. The van der Waals surface area contributed by atoms with Crippen molar-refractivity contribution in [2.75, 3.05) is 12.5 Å². The summed E-state index contributed by atoms with van der Waals surface area (Å²) in [6.45, 7) is 2.21. The van der Waals surface area contributed by atoms with Crippen molar-refractivity contribution in [3.63, 3.8) is 0 Å². The SMILES string of the molecule is Cc1ccc(SCC(=O)NNC(=O)/C=C/c2ccc3c(c2)OCO3)cc1. The number of aryl methyl sites for hydroxylation is 1. The second-order valence-corrected chi connectivity index (χ2v) is 6.63. The average Bonchev–Trinajstić information content (AvgIpc) is 3.12. The monoisotopic (exact) mass is 370 g/mol. The number of benzene rings is 2. The van der Waals surface area contributed by atoms with Gasteiger partial charge in [0.2, 0.25) is 12.7 Å². The second kappa shape index (κ2) is 8.44. The molecule has 0 aliphatic carbocycles. The maximum absolute atomic E-state index is 11.8. The number of carbonyl (C=O) groups excluding carboxylic acids is 2. The summed E-state index contributed by atoms with van der Waals surface area (Å²) in [5, 5.41) is 0. The minimum Gasteiger partial charge on any atom is -0.454 e. The number of hydrogen-bond acceptors (Lipinski definition) is 5. The molecule has 0 saturated heterocycles. The van der Waals surface area contributed by atoms with Crippen molar-refractivity contribution in [2.45, 2.75) is 11.8 Å². The first-order valence-corrected chi connectivity index (χ1v) is 8.95. The third-order valence-electron chi connectivity index (χ3n) is 3.54. The molecule has 1 heterocycles. The van der Waals surface area contributed by atoms with E-state index in [1.807, 2.05) is 37.3 Å².